The van der Waals surface area contributed by atoms with E-state index in [0.717, 1.165) is 37.2 Å². The minimum atomic E-state index is 0.758. The highest BCUT2D eigenvalue weighted by molar-refractivity contribution is 5.52. The SMILES string of the molecule is CNCc1c(C)cc(C)nc1N1CC(C)CC(C)C1. The molecule has 1 aliphatic rings. The van der Waals surface area contributed by atoms with E-state index in [4.69, 9.17) is 4.98 Å². The second kappa shape index (κ2) is 5.91. The molecule has 1 aromatic rings. The Morgan fingerprint density at radius 2 is 1.89 bits per heavy atom. The van der Waals surface area contributed by atoms with Crippen molar-refractivity contribution in [3.63, 3.8) is 0 Å². The highest BCUT2D eigenvalue weighted by atomic mass is 15.2. The number of hydrogen-bond donors (Lipinski definition) is 1. The van der Waals surface area contributed by atoms with Crippen molar-refractivity contribution in [3.05, 3.63) is 22.9 Å². The number of anilines is 1. The standard InChI is InChI=1S/C16H27N3/c1-11-6-12(2)10-19(9-11)16-15(8-17-5)13(3)7-14(4)18-16/h7,11-12,17H,6,8-10H2,1-5H3. The average Bonchev–Trinajstić information content (AvgIpc) is 2.31. The minimum absolute atomic E-state index is 0.758. The van der Waals surface area contributed by atoms with Crippen molar-refractivity contribution >= 4 is 5.82 Å². The van der Waals surface area contributed by atoms with Gasteiger partial charge < -0.3 is 10.2 Å². The van der Waals surface area contributed by atoms with Crippen molar-refractivity contribution < 1.29 is 0 Å². The molecule has 3 nitrogen and oxygen atoms in total. The van der Waals surface area contributed by atoms with Gasteiger partial charge in [-0.05, 0) is 50.8 Å². The quantitative estimate of drug-likeness (QED) is 0.907. The first-order chi connectivity index (χ1) is 9.01. The van der Waals surface area contributed by atoms with Crippen LogP contribution in [0.15, 0.2) is 6.07 Å². The van der Waals surface area contributed by atoms with Gasteiger partial charge in [-0.1, -0.05) is 13.8 Å². The maximum atomic E-state index is 4.83. The summed E-state index contributed by atoms with van der Waals surface area (Å²) in [6, 6.07) is 2.19. The van der Waals surface area contributed by atoms with Crippen LogP contribution < -0.4 is 10.2 Å². The number of piperidine rings is 1. The van der Waals surface area contributed by atoms with Gasteiger partial charge in [0.15, 0.2) is 0 Å². The Hall–Kier alpha value is -1.09. The Bertz CT molecular complexity index is 432. The number of rotatable bonds is 3. The number of hydrogen-bond acceptors (Lipinski definition) is 3. The Morgan fingerprint density at radius 3 is 2.47 bits per heavy atom. The van der Waals surface area contributed by atoms with Gasteiger partial charge in [0, 0.05) is 30.9 Å². The van der Waals surface area contributed by atoms with Crippen LogP contribution in [0.1, 0.15) is 37.1 Å². The van der Waals surface area contributed by atoms with Crippen LogP contribution in [0, 0.1) is 25.7 Å². The molecule has 1 aromatic heterocycles. The summed E-state index contributed by atoms with van der Waals surface area (Å²) in [6.07, 6.45) is 1.34. The number of aromatic nitrogens is 1. The van der Waals surface area contributed by atoms with Crippen LogP contribution in [0.3, 0.4) is 0 Å². The van der Waals surface area contributed by atoms with E-state index in [1.54, 1.807) is 0 Å². The lowest BCUT2D eigenvalue weighted by molar-refractivity contribution is 0.354. The number of pyridine rings is 1. The van der Waals surface area contributed by atoms with Gasteiger partial charge >= 0.3 is 0 Å². The molecule has 3 heteroatoms. The largest absolute Gasteiger partial charge is 0.356 e. The first-order valence-corrected chi connectivity index (χ1v) is 7.38. The zero-order valence-electron chi connectivity index (χ0n) is 13.0. The zero-order chi connectivity index (χ0) is 14.0. The smallest absolute Gasteiger partial charge is 0.133 e. The number of nitrogens with one attached hydrogen (secondary N) is 1. The first-order valence-electron chi connectivity index (χ1n) is 7.38. The first kappa shape index (κ1) is 14.3. The minimum Gasteiger partial charge on any atom is -0.356 e. The molecule has 0 amide bonds. The molecule has 2 heterocycles. The van der Waals surface area contributed by atoms with Gasteiger partial charge in [0.2, 0.25) is 0 Å². The molecule has 1 fully saturated rings. The normalized spacial score (nSPS) is 23.7. The van der Waals surface area contributed by atoms with Gasteiger partial charge in [-0.25, -0.2) is 4.98 Å². The van der Waals surface area contributed by atoms with E-state index in [1.807, 2.05) is 7.05 Å². The third-order valence-corrected chi connectivity index (χ3v) is 3.98. The third-order valence-electron chi connectivity index (χ3n) is 3.98. The van der Waals surface area contributed by atoms with Gasteiger partial charge in [-0.2, -0.15) is 0 Å². The lowest BCUT2D eigenvalue weighted by Crippen LogP contribution is -2.40. The van der Waals surface area contributed by atoms with Gasteiger partial charge in [0.25, 0.3) is 0 Å². The summed E-state index contributed by atoms with van der Waals surface area (Å²) in [7, 11) is 2.00. The van der Waals surface area contributed by atoms with Crippen LogP contribution in [0.4, 0.5) is 5.82 Å². The topological polar surface area (TPSA) is 28.2 Å². The maximum absolute atomic E-state index is 4.83. The fourth-order valence-electron chi connectivity index (χ4n) is 3.34. The Morgan fingerprint density at radius 1 is 1.26 bits per heavy atom. The molecule has 0 saturated carbocycles. The highest BCUT2D eigenvalue weighted by Crippen LogP contribution is 2.29. The van der Waals surface area contributed by atoms with Crippen molar-refractivity contribution in [2.24, 2.45) is 11.8 Å². The summed E-state index contributed by atoms with van der Waals surface area (Å²) in [5, 5.41) is 3.28. The van der Waals surface area contributed by atoms with Crippen LogP contribution in [-0.4, -0.2) is 25.1 Å². The van der Waals surface area contributed by atoms with E-state index < -0.39 is 0 Å². The van der Waals surface area contributed by atoms with Crippen LogP contribution in [-0.2, 0) is 6.54 Å². The van der Waals surface area contributed by atoms with E-state index in [9.17, 15) is 0 Å². The van der Waals surface area contributed by atoms with E-state index in [2.05, 4.69) is 44.0 Å². The summed E-state index contributed by atoms with van der Waals surface area (Å²) < 4.78 is 0. The van der Waals surface area contributed by atoms with E-state index in [-0.39, 0.29) is 0 Å². The third kappa shape index (κ3) is 3.27. The molecule has 0 aliphatic carbocycles. The number of aryl methyl sites for hydroxylation is 2. The molecule has 0 spiro atoms. The molecule has 1 N–H and O–H groups in total. The summed E-state index contributed by atoms with van der Waals surface area (Å²) in [4.78, 5) is 7.32. The van der Waals surface area contributed by atoms with Crippen molar-refractivity contribution in [2.45, 2.75) is 40.7 Å². The van der Waals surface area contributed by atoms with Gasteiger partial charge in [-0.15, -0.1) is 0 Å². The van der Waals surface area contributed by atoms with Gasteiger partial charge in [0.1, 0.15) is 5.82 Å². The fourth-order valence-corrected chi connectivity index (χ4v) is 3.34. The Balaban J connectivity index is 2.36. The monoisotopic (exact) mass is 261 g/mol. The summed E-state index contributed by atoms with van der Waals surface area (Å²) in [5.74, 6) is 2.72. The second-order valence-corrected chi connectivity index (χ2v) is 6.26. The molecule has 0 aromatic carbocycles. The highest BCUT2D eigenvalue weighted by Gasteiger charge is 2.25. The lowest BCUT2D eigenvalue weighted by atomic mass is 9.91. The predicted molar refractivity (Wildman–Crippen MR) is 81.6 cm³/mol. The summed E-state index contributed by atoms with van der Waals surface area (Å²) >= 11 is 0. The van der Waals surface area contributed by atoms with Crippen LogP contribution in [0.2, 0.25) is 0 Å². The molecule has 2 rings (SSSR count). The fraction of sp³-hybridized carbons (Fsp3) is 0.688. The Labute approximate surface area is 117 Å². The van der Waals surface area contributed by atoms with Crippen LogP contribution >= 0.6 is 0 Å². The average molecular weight is 261 g/mol. The maximum Gasteiger partial charge on any atom is 0.133 e. The van der Waals surface area contributed by atoms with Gasteiger partial charge in [-0.3, -0.25) is 0 Å². The van der Waals surface area contributed by atoms with Crippen molar-refractivity contribution in [2.75, 3.05) is 25.0 Å². The van der Waals surface area contributed by atoms with E-state index >= 15 is 0 Å². The molecular formula is C16H27N3. The molecule has 0 radical (unpaired) electrons. The van der Waals surface area contributed by atoms with Crippen LogP contribution in [0.5, 0.6) is 0 Å². The van der Waals surface area contributed by atoms with Crippen LogP contribution in [0.25, 0.3) is 0 Å². The summed E-state index contributed by atoms with van der Waals surface area (Å²) in [6.45, 7) is 12.2. The van der Waals surface area contributed by atoms with Crippen molar-refractivity contribution in [1.29, 1.82) is 0 Å². The van der Waals surface area contributed by atoms with Gasteiger partial charge in [0.05, 0.1) is 0 Å². The molecule has 1 aliphatic heterocycles. The molecule has 106 valence electrons. The zero-order valence-corrected chi connectivity index (χ0v) is 13.0. The molecule has 0 bridgehead atoms. The lowest BCUT2D eigenvalue weighted by Gasteiger charge is -2.37. The number of nitrogens with zero attached hydrogens (tertiary/aromatic N) is 2. The van der Waals surface area contributed by atoms with Crippen molar-refractivity contribution in [1.82, 2.24) is 10.3 Å². The molecule has 2 atom stereocenters. The van der Waals surface area contributed by atoms with E-state index in [1.165, 1.54) is 23.4 Å². The second-order valence-electron chi connectivity index (χ2n) is 6.26. The predicted octanol–water partition coefficient (Wildman–Crippen LogP) is 2.90. The Kier molecular flexibility index (Phi) is 4.46. The molecule has 19 heavy (non-hydrogen) atoms. The summed E-state index contributed by atoms with van der Waals surface area (Å²) in [5.41, 5.74) is 3.83. The van der Waals surface area contributed by atoms with Crippen molar-refractivity contribution in [3.8, 4) is 0 Å². The molecule has 1 saturated heterocycles. The molecular weight excluding hydrogens is 234 g/mol. The van der Waals surface area contributed by atoms with E-state index in [0.29, 0.717) is 0 Å². The molecule has 2 unspecified atom stereocenters.